The summed E-state index contributed by atoms with van der Waals surface area (Å²) < 4.78 is 16.5. The molecule has 1 N–H and O–H groups in total. The van der Waals surface area contributed by atoms with Crippen molar-refractivity contribution >= 4 is 29.1 Å². The van der Waals surface area contributed by atoms with E-state index in [9.17, 15) is 14.7 Å². The zero-order valence-electron chi connectivity index (χ0n) is 21.8. The SMILES string of the molecule is COCCN1C(=O)C(=O)/C(=C(/O)c2cc(C)cc(Cl)c2OC)C1c1ccc(OCc2ccc(C)cc2)cc1. The predicted molar refractivity (Wildman–Crippen MR) is 146 cm³/mol. The van der Waals surface area contributed by atoms with Gasteiger partial charge in [0.05, 0.1) is 35.9 Å². The maximum absolute atomic E-state index is 13.2. The fraction of sp³-hybridized carbons (Fsp3) is 0.267. The molecule has 1 unspecified atom stereocenters. The third-order valence-corrected chi connectivity index (χ3v) is 6.73. The lowest BCUT2D eigenvalue weighted by atomic mass is 9.94. The lowest BCUT2D eigenvalue weighted by Gasteiger charge is -2.25. The Bertz CT molecular complexity index is 1360. The van der Waals surface area contributed by atoms with Crippen LogP contribution in [0.5, 0.6) is 11.5 Å². The minimum Gasteiger partial charge on any atom is -0.507 e. The Morgan fingerprint density at radius 3 is 2.29 bits per heavy atom. The minimum atomic E-state index is -0.833. The molecular weight excluding hydrogens is 506 g/mol. The van der Waals surface area contributed by atoms with E-state index in [2.05, 4.69) is 0 Å². The molecule has 1 saturated heterocycles. The van der Waals surface area contributed by atoms with Crippen LogP contribution >= 0.6 is 11.6 Å². The summed E-state index contributed by atoms with van der Waals surface area (Å²) in [6, 6.07) is 17.8. The number of hydrogen-bond donors (Lipinski definition) is 1. The number of methoxy groups -OCH3 is 2. The van der Waals surface area contributed by atoms with Gasteiger partial charge >= 0.3 is 0 Å². The number of halogens is 1. The second-order valence-electron chi connectivity index (χ2n) is 9.16. The monoisotopic (exact) mass is 535 g/mol. The topological polar surface area (TPSA) is 85.3 Å². The highest BCUT2D eigenvalue weighted by molar-refractivity contribution is 6.46. The van der Waals surface area contributed by atoms with Crippen molar-refractivity contribution in [2.45, 2.75) is 26.5 Å². The molecule has 1 amide bonds. The van der Waals surface area contributed by atoms with Crippen molar-refractivity contribution in [2.24, 2.45) is 0 Å². The Kier molecular flexibility index (Phi) is 8.39. The number of hydrogen-bond acceptors (Lipinski definition) is 6. The van der Waals surface area contributed by atoms with Gasteiger partial charge in [-0.3, -0.25) is 9.59 Å². The molecule has 1 aliphatic heterocycles. The first-order valence-electron chi connectivity index (χ1n) is 12.1. The van der Waals surface area contributed by atoms with Gasteiger partial charge in [-0.25, -0.2) is 0 Å². The van der Waals surface area contributed by atoms with E-state index in [4.69, 9.17) is 25.8 Å². The fourth-order valence-corrected chi connectivity index (χ4v) is 4.85. The molecule has 0 saturated carbocycles. The van der Waals surface area contributed by atoms with Crippen molar-refractivity contribution < 1.29 is 28.9 Å². The molecule has 38 heavy (non-hydrogen) atoms. The number of likely N-dealkylation sites (tertiary alicyclic amines) is 1. The maximum atomic E-state index is 13.2. The Hall–Kier alpha value is -3.81. The summed E-state index contributed by atoms with van der Waals surface area (Å²) in [4.78, 5) is 27.7. The number of rotatable bonds is 9. The lowest BCUT2D eigenvalue weighted by molar-refractivity contribution is -0.140. The van der Waals surface area contributed by atoms with E-state index in [1.807, 2.05) is 38.1 Å². The summed E-state index contributed by atoms with van der Waals surface area (Å²) in [6.07, 6.45) is 0. The molecule has 0 spiro atoms. The largest absolute Gasteiger partial charge is 0.507 e. The van der Waals surface area contributed by atoms with Crippen molar-refractivity contribution in [3.63, 3.8) is 0 Å². The first kappa shape index (κ1) is 27.2. The molecule has 0 radical (unpaired) electrons. The number of aliphatic hydroxyl groups is 1. The van der Waals surface area contributed by atoms with Gasteiger partial charge < -0.3 is 24.2 Å². The highest BCUT2D eigenvalue weighted by atomic mass is 35.5. The van der Waals surface area contributed by atoms with Crippen LogP contribution in [0.1, 0.15) is 33.9 Å². The first-order valence-corrected chi connectivity index (χ1v) is 12.5. The van der Waals surface area contributed by atoms with Crippen molar-refractivity contribution in [2.75, 3.05) is 27.4 Å². The predicted octanol–water partition coefficient (Wildman–Crippen LogP) is 5.61. The van der Waals surface area contributed by atoms with Crippen LogP contribution in [0, 0.1) is 13.8 Å². The Balaban J connectivity index is 1.73. The molecule has 0 bridgehead atoms. The molecule has 3 aromatic carbocycles. The number of amides is 1. The van der Waals surface area contributed by atoms with Gasteiger partial charge in [-0.15, -0.1) is 0 Å². The number of aryl methyl sites for hydroxylation is 2. The first-order chi connectivity index (χ1) is 18.2. The second-order valence-corrected chi connectivity index (χ2v) is 9.56. The van der Waals surface area contributed by atoms with E-state index in [0.717, 1.165) is 11.1 Å². The number of carbonyl (C=O) groups excluding carboxylic acids is 2. The van der Waals surface area contributed by atoms with E-state index in [1.165, 1.54) is 24.7 Å². The standard InChI is InChI=1S/C30H30ClNO6/c1-18-5-7-20(8-6-18)17-38-22-11-9-21(10-12-22)26-25(28(34)30(35)32(26)13-14-36-3)27(33)23-15-19(2)16-24(31)29(23)37-4/h5-12,15-16,26,33H,13-14,17H2,1-4H3/b27-25+. The third kappa shape index (κ3) is 5.54. The molecular formula is C30H30ClNO6. The number of nitrogens with zero attached hydrogens (tertiary/aromatic N) is 1. The van der Waals surface area contributed by atoms with Gasteiger partial charge in [-0.05, 0) is 54.8 Å². The summed E-state index contributed by atoms with van der Waals surface area (Å²) in [5.74, 6) is -1.00. The molecule has 3 aromatic rings. The molecule has 1 heterocycles. The molecule has 8 heteroatoms. The highest BCUT2D eigenvalue weighted by Gasteiger charge is 2.46. The van der Waals surface area contributed by atoms with Gasteiger partial charge in [0.2, 0.25) is 0 Å². The minimum absolute atomic E-state index is 0.0422. The van der Waals surface area contributed by atoms with Crippen LogP contribution in [0.25, 0.3) is 5.76 Å². The van der Waals surface area contributed by atoms with Crippen molar-refractivity contribution in [3.8, 4) is 11.5 Å². The summed E-state index contributed by atoms with van der Waals surface area (Å²) in [7, 11) is 2.95. The van der Waals surface area contributed by atoms with Crippen LogP contribution < -0.4 is 9.47 Å². The Labute approximate surface area is 227 Å². The van der Waals surface area contributed by atoms with Gasteiger partial charge in [0.1, 0.15) is 23.9 Å². The van der Waals surface area contributed by atoms with Crippen molar-refractivity contribution in [3.05, 3.63) is 99.1 Å². The number of benzene rings is 3. The molecule has 7 nitrogen and oxygen atoms in total. The number of Topliss-reactive ketones (excluding diaryl/α,β-unsaturated/α-hetero) is 1. The molecule has 0 aromatic heterocycles. The van der Waals surface area contributed by atoms with Gasteiger partial charge in [0.15, 0.2) is 0 Å². The van der Waals surface area contributed by atoms with Crippen LogP contribution in [-0.2, 0) is 20.9 Å². The average Bonchev–Trinajstić information content (AvgIpc) is 3.16. The van der Waals surface area contributed by atoms with Crippen molar-refractivity contribution in [1.29, 1.82) is 0 Å². The molecule has 0 aliphatic carbocycles. The number of ketones is 1. The van der Waals surface area contributed by atoms with Crippen LogP contribution in [0.4, 0.5) is 0 Å². The quantitative estimate of drug-likeness (QED) is 0.218. The van der Waals surface area contributed by atoms with Gasteiger partial charge in [0, 0.05) is 13.7 Å². The Morgan fingerprint density at radius 2 is 1.66 bits per heavy atom. The molecule has 198 valence electrons. The van der Waals surface area contributed by atoms with Gasteiger partial charge in [-0.1, -0.05) is 53.6 Å². The smallest absolute Gasteiger partial charge is 0.295 e. The van der Waals surface area contributed by atoms with E-state index >= 15 is 0 Å². The second kappa shape index (κ2) is 11.7. The van der Waals surface area contributed by atoms with Crippen LogP contribution in [0.2, 0.25) is 5.02 Å². The average molecular weight is 536 g/mol. The molecule has 4 rings (SSSR count). The number of carbonyl (C=O) groups is 2. The summed E-state index contributed by atoms with van der Waals surface area (Å²) in [6.45, 7) is 4.63. The van der Waals surface area contributed by atoms with Crippen LogP contribution in [0.15, 0.2) is 66.2 Å². The maximum Gasteiger partial charge on any atom is 0.295 e. The van der Waals surface area contributed by atoms with Crippen molar-refractivity contribution in [1.82, 2.24) is 4.90 Å². The lowest BCUT2D eigenvalue weighted by Crippen LogP contribution is -2.32. The fourth-order valence-electron chi connectivity index (χ4n) is 4.50. The van der Waals surface area contributed by atoms with E-state index in [-0.39, 0.29) is 40.8 Å². The highest BCUT2D eigenvalue weighted by Crippen LogP contribution is 2.42. The normalized spacial score (nSPS) is 16.7. The van der Waals surface area contributed by atoms with Crippen LogP contribution in [-0.4, -0.2) is 49.1 Å². The van der Waals surface area contributed by atoms with Crippen LogP contribution in [0.3, 0.4) is 0 Å². The number of ether oxygens (including phenoxy) is 3. The van der Waals surface area contributed by atoms with Gasteiger partial charge in [-0.2, -0.15) is 0 Å². The van der Waals surface area contributed by atoms with E-state index in [0.29, 0.717) is 17.9 Å². The summed E-state index contributed by atoms with van der Waals surface area (Å²) in [5, 5.41) is 11.7. The molecule has 1 atom stereocenters. The zero-order valence-corrected chi connectivity index (χ0v) is 22.5. The third-order valence-electron chi connectivity index (χ3n) is 6.45. The van der Waals surface area contributed by atoms with Gasteiger partial charge in [0.25, 0.3) is 11.7 Å². The summed E-state index contributed by atoms with van der Waals surface area (Å²) >= 11 is 6.35. The summed E-state index contributed by atoms with van der Waals surface area (Å²) in [5.41, 5.74) is 3.82. The molecule has 1 fully saturated rings. The van der Waals surface area contributed by atoms with E-state index < -0.39 is 17.7 Å². The number of aliphatic hydroxyl groups excluding tert-OH is 1. The zero-order chi connectivity index (χ0) is 27.4. The Morgan fingerprint density at radius 1 is 0.974 bits per heavy atom. The molecule has 1 aliphatic rings. The van der Waals surface area contributed by atoms with E-state index in [1.54, 1.807) is 36.4 Å².